The van der Waals surface area contributed by atoms with E-state index in [4.69, 9.17) is 11.5 Å². The average Bonchev–Trinajstić information content (AvgIpc) is 2.85. The Labute approximate surface area is 123 Å². The lowest BCUT2D eigenvalue weighted by Gasteiger charge is -2.23. The molecule has 0 spiro atoms. The summed E-state index contributed by atoms with van der Waals surface area (Å²) < 4.78 is 0. The molecule has 0 saturated heterocycles. The van der Waals surface area contributed by atoms with Gasteiger partial charge in [-0.2, -0.15) is 0 Å². The zero-order valence-electron chi connectivity index (χ0n) is 11.9. The molecule has 0 aliphatic carbocycles. The highest BCUT2D eigenvalue weighted by Crippen LogP contribution is 2.32. The molecule has 1 aromatic heterocycles. The smallest absolute Gasteiger partial charge is 0.185 e. The molecule has 3 rings (SSSR count). The minimum absolute atomic E-state index is 0.0715. The maximum absolute atomic E-state index is 9.30. The molecular formula is C15H21N5O. The van der Waals surface area contributed by atoms with Crippen LogP contribution in [0.3, 0.4) is 0 Å². The number of hydrogen-bond acceptors (Lipinski definition) is 3. The predicted molar refractivity (Wildman–Crippen MR) is 84.0 cm³/mol. The number of aliphatic hydroxyl groups excluding tert-OH is 1. The number of guanidine groups is 1. The summed E-state index contributed by atoms with van der Waals surface area (Å²) in [6, 6.07) is 6.29. The highest BCUT2D eigenvalue weighted by atomic mass is 16.3. The van der Waals surface area contributed by atoms with Gasteiger partial charge >= 0.3 is 0 Å². The topological polar surface area (TPSA) is 112 Å². The molecule has 7 N–H and O–H groups in total. The summed E-state index contributed by atoms with van der Waals surface area (Å²) in [5, 5.41) is 14.0. The van der Waals surface area contributed by atoms with Crippen LogP contribution in [-0.2, 0) is 13.0 Å². The monoisotopic (exact) mass is 287 g/mol. The zero-order chi connectivity index (χ0) is 14.8. The highest BCUT2D eigenvalue weighted by Gasteiger charge is 2.23. The van der Waals surface area contributed by atoms with E-state index in [1.165, 1.54) is 16.6 Å². The maximum Gasteiger partial charge on any atom is 0.185 e. The molecule has 1 aliphatic rings. The molecule has 0 fully saturated rings. The van der Waals surface area contributed by atoms with E-state index in [2.05, 4.69) is 21.4 Å². The van der Waals surface area contributed by atoms with Crippen molar-refractivity contribution in [1.29, 1.82) is 0 Å². The summed E-state index contributed by atoms with van der Waals surface area (Å²) >= 11 is 0. The normalized spacial score (nSPS) is 17.7. The molecule has 1 unspecified atom stereocenters. The lowest BCUT2D eigenvalue weighted by Crippen LogP contribution is -2.30. The van der Waals surface area contributed by atoms with Gasteiger partial charge in [0.2, 0.25) is 0 Å². The molecule has 0 saturated carbocycles. The third-order valence-corrected chi connectivity index (χ3v) is 4.01. The molecule has 112 valence electrons. The van der Waals surface area contributed by atoms with Gasteiger partial charge in [-0.25, -0.2) is 0 Å². The van der Waals surface area contributed by atoms with Gasteiger partial charge in [0.05, 0.1) is 6.61 Å². The van der Waals surface area contributed by atoms with Crippen molar-refractivity contribution in [2.45, 2.75) is 25.5 Å². The van der Waals surface area contributed by atoms with Crippen molar-refractivity contribution in [3.05, 3.63) is 35.0 Å². The van der Waals surface area contributed by atoms with Gasteiger partial charge in [-0.15, -0.1) is 0 Å². The lowest BCUT2D eigenvalue weighted by atomic mass is 9.97. The Hall–Kier alpha value is -2.05. The van der Waals surface area contributed by atoms with Crippen LogP contribution in [0.2, 0.25) is 0 Å². The Morgan fingerprint density at radius 2 is 2.24 bits per heavy atom. The van der Waals surface area contributed by atoms with Crippen LogP contribution in [0.5, 0.6) is 0 Å². The molecule has 1 aromatic carbocycles. The molecule has 0 radical (unpaired) electrons. The largest absolute Gasteiger partial charge is 0.392 e. The summed E-state index contributed by atoms with van der Waals surface area (Å²) in [4.78, 5) is 7.56. The Morgan fingerprint density at radius 1 is 1.38 bits per heavy atom. The first-order valence-electron chi connectivity index (χ1n) is 7.22. The van der Waals surface area contributed by atoms with Crippen molar-refractivity contribution >= 4 is 16.9 Å². The minimum atomic E-state index is 0.0715. The average molecular weight is 287 g/mol. The van der Waals surface area contributed by atoms with Crippen LogP contribution in [0.15, 0.2) is 23.2 Å². The van der Waals surface area contributed by atoms with E-state index in [9.17, 15) is 5.11 Å². The van der Waals surface area contributed by atoms with Crippen LogP contribution in [0, 0.1) is 0 Å². The van der Waals surface area contributed by atoms with Crippen LogP contribution in [-0.4, -0.2) is 29.1 Å². The third kappa shape index (κ3) is 2.72. The second-order valence-corrected chi connectivity index (χ2v) is 5.41. The minimum Gasteiger partial charge on any atom is -0.392 e. The fourth-order valence-electron chi connectivity index (χ4n) is 3.02. The van der Waals surface area contributed by atoms with Gasteiger partial charge in [-0.1, -0.05) is 6.07 Å². The van der Waals surface area contributed by atoms with Crippen molar-refractivity contribution < 1.29 is 5.11 Å². The first-order chi connectivity index (χ1) is 10.2. The quantitative estimate of drug-likeness (QED) is 0.416. The molecule has 2 heterocycles. The van der Waals surface area contributed by atoms with Gasteiger partial charge in [0, 0.05) is 29.2 Å². The molecule has 2 aromatic rings. The van der Waals surface area contributed by atoms with Gasteiger partial charge in [-0.3, -0.25) is 4.99 Å². The number of hydrogen-bond donors (Lipinski definition) is 5. The van der Waals surface area contributed by atoms with Crippen LogP contribution in [0.1, 0.15) is 29.3 Å². The van der Waals surface area contributed by atoms with Crippen molar-refractivity contribution in [2.24, 2.45) is 16.5 Å². The molecule has 1 atom stereocenters. The Kier molecular flexibility index (Phi) is 3.81. The fourth-order valence-corrected chi connectivity index (χ4v) is 3.02. The van der Waals surface area contributed by atoms with Crippen LogP contribution < -0.4 is 16.8 Å². The number of nitrogens with one attached hydrogen (secondary N) is 2. The van der Waals surface area contributed by atoms with Crippen molar-refractivity contribution in [3.8, 4) is 0 Å². The Morgan fingerprint density at radius 3 is 3.00 bits per heavy atom. The number of H-pyrrole nitrogens is 1. The zero-order valence-corrected chi connectivity index (χ0v) is 11.9. The first kappa shape index (κ1) is 13.9. The summed E-state index contributed by atoms with van der Waals surface area (Å²) in [6.45, 7) is 1.62. The second-order valence-electron chi connectivity index (χ2n) is 5.41. The number of nitrogens with zero attached hydrogens (tertiary/aromatic N) is 1. The number of rotatable bonds is 4. The first-order valence-corrected chi connectivity index (χ1v) is 7.22. The van der Waals surface area contributed by atoms with Crippen molar-refractivity contribution in [3.63, 3.8) is 0 Å². The number of aromatic nitrogens is 1. The van der Waals surface area contributed by atoms with Gasteiger partial charge in [0.25, 0.3) is 0 Å². The van der Waals surface area contributed by atoms with Gasteiger partial charge in [-0.05, 0) is 42.6 Å². The van der Waals surface area contributed by atoms with E-state index >= 15 is 0 Å². The molecule has 0 amide bonds. The predicted octanol–water partition coefficient (Wildman–Crippen LogP) is 0.511. The molecule has 21 heavy (non-hydrogen) atoms. The van der Waals surface area contributed by atoms with Crippen molar-refractivity contribution in [2.75, 3.05) is 13.1 Å². The number of aromatic amines is 1. The van der Waals surface area contributed by atoms with E-state index in [-0.39, 0.29) is 18.6 Å². The SMILES string of the molecule is NC(N)=NCCC1NCCc2c1[nH]c1ccc(CO)cc21. The summed E-state index contributed by atoms with van der Waals surface area (Å²) in [5.41, 5.74) is 15.4. The number of fused-ring (bicyclic) bond motifs is 3. The van der Waals surface area contributed by atoms with E-state index in [1.807, 2.05) is 12.1 Å². The van der Waals surface area contributed by atoms with Gasteiger partial charge in [0.15, 0.2) is 5.96 Å². The van der Waals surface area contributed by atoms with Crippen molar-refractivity contribution in [1.82, 2.24) is 10.3 Å². The third-order valence-electron chi connectivity index (χ3n) is 4.01. The van der Waals surface area contributed by atoms with Gasteiger partial charge < -0.3 is 26.9 Å². The summed E-state index contributed by atoms with van der Waals surface area (Å²) in [7, 11) is 0. The summed E-state index contributed by atoms with van der Waals surface area (Å²) in [6.07, 6.45) is 1.84. The fraction of sp³-hybridized carbons (Fsp3) is 0.400. The van der Waals surface area contributed by atoms with E-state index in [0.717, 1.165) is 30.5 Å². The highest BCUT2D eigenvalue weighted by molar-refractivity contribution is 5.85. The number of benzene rings is 1. The van der Waals surface area contributed by atoms with Crippen LogP contribution in [0.4, 0.5) is 0 Å². The Bertz CT molecular complexity index is 672. The molecule has 0 bridgehead atoms. The number of aliphatic hydroxyl groups is 1. The summed E-state index contributed by atoms with van der Waals surface area (Å²) in [5.74, 6) is 0.135. The van der Waals surface area contributed by atoms with E-state index < -0.39 is 0 Å². The maximum atomic E-state index is 9.30. The van der Waals surface area contributed by atoms with Crippen LogP contribution in [0.25, 0.3) is 10.9 Å². The molecule has 6 nitrogen and oxygen atoms in total. The van der Waals surface area contributed by atoms with Gasteiger partial charge in [0.1, 0.15) is 0 Å². The van der Waals surface area contributed by atoms with E-state index in [1.54, 1.807) is 0 Å². The molecule has 1 aliphatic heterocycles. The van der Waals surface area contributed by atoms with Crippen LogP contribution >= 0.6 is 0 Å². The molecular weight excluding hydrogens is 266 g/mol. The Balaban J connectivity index is 1.92. The number of aliphatic imine (C=N–C) groups is 1. The second kappa shape index (κ2) is 5.75. The van der Waals surface area contributed by atoms with E-state index in [0.29, 0.717) is 6.54 Å². The standard InChI is InChI=1S/C15H21N5O/c16-15(17)19-6-4-13-14-10(3-5-18-13)11-7-9(8-21)1-2-12(11)20-14/h1-2,7,13,18,20-21H,3-6,8H2,(H4,16,17,19). The lowest BCUT2D eigenvalue weighted by molar-refractivity contribution is 0.282. The number of nitrogens with two attached hydrogens (primary N) is 2. The molecule has 6 heteroatoms.